The summed E-state index contributed by atoms with van der Waals surface area (Å²) in [6.07, 6.45) is 8.99. The largest absolute Gasteiger partial charge is 0.489 e. The molecule has 2 bridgehead atoms. The maximum atomic E-state index is 13.5. The molecule has 1 aromatic heterocycles. The van der Waals surface area contributed by atoms with Gasteiger partial charge in [0.1, 0.15) is 12.4 Å². The molecular formula is C28H36N4O4. The van der Waals surface area contributed by atoms with Gasteiger partial charge in [0.05, 0.1) is 13.2 Å². The number of aromatic nitrogens is 1. The van der Waals surface area contributed by atoms with E-state index in [-0.39, 0.29) is 23.7 Å². The molecule has 0 aliphatic carbocycles. The summed E-state index contributed by atoms with van der Waals surface area (Å²) in [7, 11) is 1.62. The molecule has 2 aromatic rings. The number of nitrogens with one attached hydrogen (secondary N) is 1. The Hall–Kier alpha value is -3.23. The second-order valence-corrected chi connectivity index (χ2v) is 9.45. The summed E-state index contributed by atoms with van der Waals surface area (Å²) in [6.45, 7) is 4.24. The quantitative estimate of drug-likeness (QED) is 0.473. The first-order chi connectivity index (χ1) is 17.6. The van der Waals surface area contributed by atoms with Crippen LogP contribution in [-0.4, -0.2) is 73.1 Å². The summed E-state index contributed by atoms with van der Waals surface area (Å²) in [4.78, 5) is 34.3. The second kappa shape index (κ2) is 13.2. The van der Waals surface area contributed by atoms with Gasteiger partial charge < -0.3 is 19.7 Å². The number of hydrogen-bond acceptors (Lipinski definition) is 6. The molecular weight excluding hydrogens is 456 g/mol. The molecule has 1 saturated heterocycles. The van der Waals surface area contributed by atoms with E-state index in [2.05, 4.69) is 27.3 Å². The van der Waals surface area contributed by atoms with Gasteiger partial charge in [-0.3, -0.25) is 19.5 Å². The van der Waals surface area contributed by atoms with E-state index in [9.17, 15) is 9.59 Å². The smallest absolute Gasteiger partial charge is 0.236 e. The van der Waals surface area contributed by atoms with Gasteiger partial charge in [-0.2, -0.15) is 0 Å². The summed E-state index contributed by atoms with van der Waals surface area (Å²) in [5, 5.41) is 2.93. The lowest BCUT2D eigenvalue weighted by Gasteiger charge is -2.38. The average Bonchev–Trinajstić information content (AvgIpc) is 2.89. The number of ether oxygens (including phenoxy) is 2. The van der Waals surface area contributed by atoms with E-state index in [4.69, 9.17) is 9.47 Å². The van der Waals surface area contributed by atoms with Crippen LogP contribution in [0.15, 0.2) is 60.9 Å². The van der Waals surface area contributed by atoms with Crippen LogP contribution < -0.4 is 10.1 Å². The Morgan fingerprint density at radius 1 is 1.22 bits per heavy atom. The van der Waals surface area contributed by atoms with E-state index in [1.54, 1.807) is 13.3 Å². The molecule has 2 amide bonds. The van der Waals surface area contributed by atoms with Crippen molar-refractivity contribution < 1.29 is 19.1 Å². The Morgan fingerprint density at radius 2 is 2.11 bits per heavy atom. The lowest BCUT2D eigenvalue weighted by molar-refractivity contribution is -0.135. The van der Waals surface area contributed by atoms with Crippen LogP contribution in [0.2, 0.25) is 0 Å². The fraction of sp³-hybridized carbons (Fsp3) is 0.464. The van der Waals surface area contributed by atoms with Crippen LogP contribution in [0.5, 0.6) is 5.75 Å². The summed E-state index contributed by atoms with van der Waals surface area (Å²) in [5.74, 6) is 1.24. The van der Waals surface area contributed by atoms with Crippen molar-refractivity contribution in [3.63, 3.8) is 0 Å². The zero-order valence-electron chi connectivity index (χ0n) is 21.0. The molecule has 3 heterocycles. The maximum absolute atomic E-state index is 13.5. The van der Waals surface area contributed by atoms with Crippen LogP contribution in [0, 0.1) is 11.8 Å². The third-order valence-corrected chi connectivity index (χ3v) is 6.81. The number of piperidine rings is 1. The van der Waals surface area contributed by atoms with Crippen molar-refractivity contribution in [2.75, 3.05) is 46.5 Å². The topological polar surface area (TPSA) is 84.0 Å². The highest BCUT2D eigenvalue weighted by Gasteiger charge is 2.32. The molecule has 0 unspecified atom stereocenters. The van der Waals surface area contributed by atoms with E-state index in [0.29, 0.717) is 58.9 Å². The predicted octanol–water partition coefficient (Wildman–Crippen LogP) is 2.65. The minimum Gasteiger partial charge on any atom is -0.489 e. The van der Waals surface area contributed by atoms with Gasteiger partial charge in [0.15, 0.2) is 0 Å². The van der Waals surface area contributed by atoms with Crippen molar-refractivity contribution in [3.05, 3.63) is 72.1 Å². The number of benzene rings is 1. The molecule has 2 atom stereocenters. The summed E-state index contributed by atoms with van der Waals surface area (Å²) in [5.41, 5.74) is 2.11. The first-order valence-electron chi connectivity index (χ1n) is 12.6. The number of fused-ring (bicyclic) bond motifs is 3. The van der Waals surface area contributed by atoms with Crippen molar-refractivity contribution in [2.45, 2.75) is 25.9 Å². The number of amides is 2. The molecule has 0 saturated carbocycles. The number of para-hydroxylation sites is 1. The summed E-state index contributed by atoms with van der Waals surface area (Å²) < 4.78 is 11.2. The summed E-state index contributed by atoms with van der Waals surface area (Å²) >= 11 is 0. The van der Waals surface area contributed by atoms with E-state index >= 15 is 0 Å². The van der Waals surface area contributed by atoms with Gasteiger partial charge in [-0.15, -0.1) is 0 Å². The molecule has 36 heavy (non-hydrogen) atoms. The Morgan fingerprint density at radius 3 is 2.94 bits per heavy atom. The van der Waals surface area contributed by atoms with E-state index < -0.39 is 0 Å². The van der Waals surface area contributed by atoms with E-state index in [0.717, 1.165) is 23.3 Å². The van der Waals surface area contributed by atoms with Gasteiger partial charge in [-0.25, -0.2) is 0 Å². The zero-order chi connectivity index (χ0) is 25.2. The molecule has 192 valence electrons. The SMILES string of the molecule is COCCNC(=O)C[C@@H]1CCN2C[C@@H]1/C=C/COc1ccccc1CN(Cc1cccnc1)CC2=O. The highest BCUT2D eigenvalue weighted by Crippen LogP contribution is 2.29. The predicted molar refractivity (Wildman–Crippen MR) is 137 cm³/mol. The number of methoxy groups -OCH3 is 1. The van der Waals surface area contributed by atoms with Crippen molar-refractivity contribution in [1.29, 1.82) is 0 Å². The lowest BCUT2D eigenvalue weighted by Crippen LogP contribution is -2.47. The van der Waals surface area contributed by atoms with E-state index in [1.807, 2.05) is 47.5 Å². The zero-order valence-corrected chi connectivity index (χ0v) is 21.0. The molecule has 1 aromatic carbocycles. The average molecular weight is 493 g/mol. The van der Waals surface area contributed by atoms with Crippen LogP contribution in [0.4, 0.5) is 0 Å². The molecule has 1 N–H and O–H groups in total. The van der Waals surface area contributed by atoms with Gasteiger partial charge in [0.25, 0.3) is 0 Å². The summed E-state index contributed by atoms with van der Waals surface area (Å²) in [6, 6.07) is 11.9. The molecule has 4 rings (SSSR count). The number of pyridine rings is 1. The van der Waals surface area contributed by atoms with Crippen LogP contribution in [0.3, 0.4) is 0 Å². The maximum Gasteiger partial charge on any atom is 0.236 e. The van der Waals surface area contributed by atoms with Crippen molar-refractivity contribution >= 4 is 11.8 Å². The Labute approximate surface area is 213 Å². The molecule has 0 spiro atoms. The van der Waals surface area contributed by atoms with Crippen LogP contribution in [0.1, 0.15) is 24.0 Å². The normalized spacial score (nSPS) is 21.8. The van der Waals surface area contributed by atoms with E-state index in [1.165, 1.54) is 0 Å². The van der Waals surface area contributed by atoms with Gasteiger partial charge in [-0.1, -0.05) is 36.4 Å². The molecule has 0 radical (unpaired) electrons. The van der Waals surface area contributed by atoms with Crippen molar-refractivity contribution in [1.82, 2.24) is 20.1 Å². The molecule has 2 aliphatic heterocycles. The van der Waals surface area contributed by atoms with Gasteiger partial charge >= 0.3 is 0 Å². The van der Waals surface area contributed by atoms with Gasteiger partial charge in [0, 0.05) is 64.2 Å². The minimum absolute atomic E-state index is 0.0287. The number of carbonyl (C=O) groups excluding carboxylic acids is 2. The van der Waals surface area contributed by atoms with Gasteiger partial charge in [-0.05, 0) is 36.0 Å². The van der Waals surface area contributed by atoms with Crippen molar-refractivity contribution in [2.24, 2.45) is 11.8 Å². The highest BCUT2D eigenvalue weighted by molar-refractivity contribution is 5.79. The number of carbonyl (C=O) groups is 2. The van der Waals surface area contributed by atoms with Crippen LogP contribution in [0.25, 0.3) is 0 Å². The fourth-order valence-electron chi connectivity index (χ4n) is 4.92. The number of hydrogen-bond donors (Lipinski definition) is 1. The number of nitrogens with zero attached hydrogens (tertiary/aromatic N) is 3. The van der Waals surface area contributed by atoms with Crippen LogP contribution in [-0.2, 0) is 27.4 Å². The minimum atomic E-state index is 0.0287. The Kier molecular flexibility index (Phi) is 9.47. The highest BCUT2D eigenvalue weighted by atomic mass is 16.5. The van der Waals surface area contributed by atoms with Crippen LogP contribution >= 0.6 is 0 Å². The van der Waals surface area contributed by atoms with Crippen molar-refractivity contribution in [3.8, 4) is 5.75 Å². The van der Waals surface area contributed by atoms with Gasteiger partial charge in [0.2, 0.25) is 11.8 Å². The third-order valence-electron chi connectivity index (χ3n) is 6.81. The second-order valence-electron chi connectivity index (χ2n) is 9.45. The number of rotatable bonds is 7. The standard InChI is InChI=1S/C28H36N4O4/c1-35-15-12-30-27(33)16-23-10-13-32-20-24(23)8-5-14-36-26-9-3-2-7-25(26)19-31(21-28(32)34)18-22-6-4-11-29-17-22/h2-9,11,17,23-24H,10,12-16,18-21H2,1H3,(H,30,33)/b8-5+/t23-,24-/m0/s1. The third kappa shape index (κ3) is 7.38. The lowest BCUT2D eigenvalue weighted by atomic mass is 9.82. The Bertz CT molecular complexity index is 1030. The fourth-order valence-corrected chi connectivity index (χ4v) is 4.92. The first kappa shape index (κ1) is 25.9. The molecule has 8 nitrogen and oxygen atoms in total. The molecule has 1 fully saturated rings. The molecule has 2 aliphatic rings. The first-order valence-corrected chi connectivity index (χ1v) is 12.6. The molecule has 8 heteroatoms. The Balaban J connectivity index is 1.52. The monoisotopic (exact) mass is 492 g/mol.